The van der Waals surface area contributed by atoms with Gasteiger partial charge in [-0.3, -0.25) is 9.58 Å². The SMILES string of the molecule is c1ccc(OCCOc2ccccc2/C(=N\N2CCCCC2)n2ccnc2)cc1. The minimum atomic E-state index is 0.451. The summed E-state index contributed by atoms with van der Waals surface area (Å²) in [6, 6.07) is 17.8. The summed E-state index contributed by atoms with van der Waals surface area (Å²) in [5.74, 6) is 2.45. The van der Waals surface area contributed by atoms with Gasteiger partial charge in [0.1, 0.15) is 31.0 Å². The summed E-state index contributed by atoms with van der Waals surface area (Å²) >= 11 is 0. The van der Waals surface area contributed by atoms with Crippen LogP contribution in [0.25, 0.3) is 0 Å². The number of imidazole rings is 1. The average Bonchev–Trinajstić information content (AvgIpc) is 3.32. The molecule has 0 saturated carbocycles. The predicted molar refractivity (Wildman–Crippen MR) is 113 cm³/mol. The molecule has 4 rings (SSSR count). The zero-order valence-corrected chi connectivity index (χ0v) is 16.5. The summed E-state index contributed by atoms with van der Waals surface area (Å²) in [5.41, 5.74) is 0.941. The second kappa shape index (κ2) is 9.78. The number of aromatic nitrogens is 2. The summed E-state index contributed by atoms with van der Waals surface area (Å²) in [6.07, 6.45) is 9.08. The molecule has 0 spiro atoms. The first-order valence-electron chi connectivity index (χ1n) is 10.1. The molecular weight excluding hydrogens is 364 g/mol. The van der Waals surface area contributed by atoms with Crippen molar-refractivity contribution in [3.63, 3.8) is 0 Å². The Kier molecular flexibility index (Phi) is 6.42. The van der Waals surface area contributed by atoms with Crippen LogP contribution in [0.15, 0.2) is 78.4 Å². The van der Waals surface area contributed by atoms with Gasteiger partial charge in [-0.1, -0.05) is 30.3 Å². The molecule has 29 heavy (non-hydrogen) atoms. The van der Waals surface area contributed by atoms with E-state index < -0.39 is 0 Å². The van der Waals surface area contributed by atoms with Crippen LogP contribution in [0.4, 0.5) is 0 Å². The lowest BCUT2D eigenvalue weighted by Crippen LogP contribution is -2.28. The first kappa shape index (κ1) is 19.1. The van der Waals surface area contributed by atoms with E-state index in [1.165, 1.54) is 19.3 Å². The van der Waals surface area contributed by atoms with Gasteiger partial charge in [0.2, 0.25) is 0 Å². The number of hydrazone groups is 1. The summed E-state index contributed by atoms with van der Waals surface area (Å²) in [4.78, 5) is 4.20. The molecule has 0 amide bonds. The molecule has 1 saturated heterocycles. The van der Waals surface area contributed by atoms with Gasteiger partial charge in [-0.25, -0.2) is 4.98 Å². The molecule has 2 aromatic carbocycles. The fourth-order valence-corrected chi connectivity index (χ4v) is 3.35. The minimum absolute atomic E-state index is 0.451. The van der Waals surface area contributed by atoms with Crippen molar-refractivity contribution in [2.24, 2.45) is 5.10 Å². The van der Waals surface area contributed by atoms with E-state index in [9.17, 15) is 0 Å². The molecule has 1 fully saturated rings. The van der Waals surface area contributed by atoms with Crippen molar-refractivity contribution in [2.45, 2.75) is 19.3 Å². The van der Waals surface area contributed by atoms with Crippen molar-refractivity contribution in [3.05, 3.63) is 78.9 Å². The highest BCUT2D eigenvalue weighted by Gasteiger charge is 2.16. The number of rotatable bonds is 7. The Morgan fingerprint density at radius 3 is 2.45 bits per heavy atom. The number of hydrogen-bond acceptors (Lipinski definition) is 5. The highest BCUT2D eigenvalue weighted by molar-refractivity contribution is 6.02. The maximum atomic E-state index is 6.07. The van der Waals surface area contributed by atoms with E-state index in [1.54, 1.807) is 12.5 Å². The van der Waals surface area contributed by atoms with Gasteiger partial charge in [0.15, 0.2) is 5.84 Å². The monoisotopic (exact) mass is 390 g/mol. The Balaban J connectivity index is 1.50. The number of nitrogens with zero attached hydrogens (tertiary/aromatic N) is 4. The summed E-state index contributed by atoms with van der Waals surface area (Å²) in [5, 5.41) is 7.09. The van der Waals surface area contributed by atoms with Crippen LogP contribution in [-0.4, -0.2) is 46.7 Å². The number of ether oxygens (including phenoxy) is 2. The summed E-state index contributed by atoms with van der Waals surface area (Å²) < 4.78 is 13.8. The van der Waals surface area contributed by atoms with E-state index in [0.717, 1.165) is 36.0 Å². The molecule has 6 nitrogen and oxygen atoms in total. The summed E-state index contributed by atoms with van der Waals surface area (Å²) in [7, 11) is 0. The van der Waals surface area contributed by atoms with Crippen molar-refractivity contribution in [2.75, 3.05) is 26.3 Å². The quantitative estimate of drug-likeness (QED) is 0.347. The van der Waals surface area contributed by atoms with Crippen molar-refractivity contribution >= 4 is 5.84 Å². The Morgan fingerprint density at radius 1 is 0.897 bits per heavy atom. The molecule has 0 aliphatic carbocycles. The highest BCUT2D eigenvalue weighted by Crippen LogP contribution is 2.21. The van der Waals surface area contributed by atoms with Crippen LogP contribution in [0.5, 0.6) is 11.5 Å². The van der Waals surface area contributed by atoms with Crippen LogP contribution in [-0.2, 0) is 0 Å². The zero-order chi connectivity index (χ0) is 19.7. The van der Waals surface area contributed by atoms with Gasteiger partial charge in [-0.15, -0.1) is 0 Å². The second-order valence-electron chi connectivity index (χ2n) is 6.91. The van der Waals surface area contributed by atoms with Gasteiger partial charge in [-0.2, -0.15) is 5.10 Å². The largest absolute Gasteiger partial charge is 0.490 e. The lowest BCUT2D eigenvalue weighted by molar-refractivity contribution is 0.216. The maximum absolute atomic E-state index is 6.07. The van der Waals surface area contributed by atoms with Crippen LogP contribution in [0.3, 0.4) is 0 Å². The van der Waals surface area contributed by atoms with Crippen LogP contribution >= 0.6 is 0 Å². The number of piperidine rings is 1. The third-order valence-electron chi connectivity index (χ3n) is 4.80. The Morgan fingerprint density at radius 2 is 1.66 bits per heavy atom. The van der Waals surface area contributed by atoms with E-state index in [2.05, 4.69) is 9.99 Å². The maximum Gasteiger partial charge on any atom is 0.169 e. The number of para-hydroxylation sites is 2. The number of benzene rings is 2. The normalized spacial score (nSPS) is 14.6. The molecule has 3 aromatic rings. The van der Waals surface area contributed by atoms with Gasteiger partial charge < -0.3 is 9.47 Å². The molecule has 1 aliphatic rings. The summed E-state index contributed by atoms with van der Waals surface area (Å²) in [6.45, 7) is 2.88. The van der Waals surface area contributed by atoms with Crippen LogP contribution in [0, 0.1) is 0 Å². The second-order valence-corrected chi connectivity index (χ2v) is 6.91. The molecule has 6 heteroatoms. The molecule has 1 aliphatic heterocycles. The molecule has 0 bridgehead atoms. The Labute approximate surface area is 171 Å². The van der Waals surface area contributed by atoms with E-state index in [4.69, 9.17) is 14.6 Å². The van der Waals surface area contributed by atoms with Gasteiger partial charge in [0.05, 0.1) is 5.56 Å². The molecule has 1 aromatic heterocycles. The van der Waals surface area contributed by atoms with E-state index >= 15 is 0 Å². The van der Waals surface area contributed by atoms with E-state index in [0.29, 0.717) is 13.2 Å². The predicted octanol–water partition coefficient (Wildman–Crippen LogP) is 4.04. The van der Waals surface area contributed by atoms with Crippen molar-refractivity contribution in [1.82, 2.24) is 14.6 Å². The first-order valence-corrected chi connectivity index (χ1v) is 10.1. The lowest BCUT2D eigenvalue weighted by atomic mass is 10.1. The topological polar surface area (TPSA) is 51.9 Å². The zero-order valence-electron chi connectivity index (χ0n) is 16.5. The third kappa shape index (κ3) is 5.16. The Hall–Kier alpha value is -3.28. The van der Waals surface area contributed by atoms with Crippen LogP contribution in [0.2, 0.25) is 0 Å². The molecular formula is C23H26N4O2. The molecule has 150 valence electrons. The van der Waals surface area contributed by atoms with Gasteiger partial charge >= 0.3 is 0 Å². The third-order valence-corrected chi connectivity index (χ3v) is 4.80. The van der Waals surface area contributed by atoms with Crippen molar-refractivity contribution in [1.29, 1.82) is 0 Å². The van der Waals surface area contributed by atoms with E-state index in [-0.39, 0.29) is 0 Å². The van der Waals surface area contributed by atoms with Crippen molar-refractivity contribution < 1.29 is 9.47 Å². The highest BCUT2D eigenvalue weighted by atomic mass is 16.5. The fourth-order valence-electron chi connectivity index (χ4n) is 3.35. The van der Waals surface area contributed by atoms with E-state index in [1.807, 2.05) is 65.4 Å². The van der Waals surface area contributed by atoms with Gasteiger partial charge in [0.25, 0.3) is 0 Å². The standard InChI is InChI=1S/C23H26N4O2/c1-3-9-20(10-4-1)28-17-18-29-22-12-6-5-11-21(22)23(26-16-13-24-19-26)25-27-14-7-2-8-15-27/h1,3-6,9-13,16,19H,2,7-8,14-15,17-18H2/b25-23+. The lowest BCUT2D eigenvalue weighted by Gasteiger charge is -2.25. The van der Waals surface area contributed by atoms with Gasteiger partial charge in [-0.05, 0) is 43.5 Å². The molecule has 0 radical (unpaired) electrons. The van der Waals surface area contributed by atoms with Gasteiger partial charge in [0, 0.05) is 25.5 Å². The molecule has 2 heterocycles. The Bertz CT molecular complexity index is 904. The van der Waals surface area contributed by atoms with Crippen LogP contribution in [0.1, 0.15) is 24.8 Å². The van der Waals surface area contributed by atoms with Crippen LogP contribution < -0.4 is 9.47 Å². The van der Waals surface area contributed by atoms with Crippen molar-refractivity contribution in [3.8, 4) is 11.5 Å². The smallest absolute Gasteiger partial charge is 0.169 e. The first-order chi connectivity index (χ1) is 14.4. The fraction of sp³-hybridized carbons (Fsp3) is 0.304. The molecule has 0 atom stereocenters. The average molecular weight is 390 g/mol. The molecule has 0 unspecified atom stereocenters. The molecule has 0 N–H and O–H groups in total. The number of hydrogen-bond donors (Lipinski definition) is 0. The minimum Gasteiger partial charge on any atom is -0.490 e.